The number of hydrogen-bond donors (Lipinski definition) is 0. The first-order valence-corrected chi connectivity index (χ1v) is 6.58. The van der Waals surface area contributed by atoms with Gasteiger partial charge in [0, 0.05) is 5.41 Å². The lowest BCUT2D eigenvalue weighted by Crippen LogP contribution is -2.33. The Labute approximate surface area is 93.1 Å². The molecule has 15 heavy (non-hydrogen) atoms. The summed E-state index contributed by atoms with van der Waals surface area (Å²) in [4.78, 5) is 0. The molecule has 4 bridgehead atoms. The number of rotatable bonds is 0. The molecule has 0 aromatic heterocycles. The second-order valence-electron chi connectivity index (χ2n) is 7.74. The summed E-state index contributed by atoms with van der Waals surface area (Å²) in [5.41, 5.74) is 2.48. The third-order valence-corrected chi connectivity index (χ3v) is 7.19. The molecule has 0 aromatic rings. The van der Waals surface area contributed by atoms with Crippen LogP contribution >= 0.6 is 0 Å². The minimum Gasteiger partial charge on any atom is -0.0874 e. The molecule has 0 aromatic carbocycles. The van der Waals surface area contributed by atoms with E-state index in [1.807, 2.05) is 0 Å². The molecule has 0 aliphatic heterocycles. The monoisotopic (exact) mass is 202 g/mol. The molecule has 5 aliphatic rings. The van der Waals surface area contributed by atoms with Gasteiger partial charge in [0.1, 0.15) is 0 Å². The Balaban J connectivity index is 2.00. The second kappa shape index (κ2) is 1.85. The predicted molar refractivity (Wildman–Crippen MR) is 62.4 cm³/mol. The third kappa shape index (κ3) is 0.531. The molecule has 4 fully saturated rings. The van der Waals surface area contributed by atoms with Gasteiger partial charge in [-0.15, -0.1) is 0 Å². The maximum absolute atomic E-state index is 2.63. The SMILES string of the molecule is CC1(C)C2CC3[C@@]14C=CCC(C)(C)[C@]34C2. The zero-order valence-corrected chi connectivity index (χ0v) is 10.4. The van der Waals surface area contributed by atoms with Crippen molar-refractivity contribution >= 4 is 0 Å². The maximum atomic E-state index is 2.63. The molecule has 0 heteroatoms. The maximum Gasteiger partial charge on any atom is 0.00343 e. The molecule has 0 radical (unpaired) electrons. The Morgan fingerprint density at radius 1 is 1.13 bits per heavy atom. The van der Waals surface area contributed by atoms with Crippen LogP contribution in [0.1, 0.15) is 47.0 Å². The highest BCUT2D eigenvalue weighted by Gasteiger charge is 2.92. The molecule has 5 aliphatic carbocycles. The zero-order chi connectivity index (χ0) is 10.7. The summed E-state index contributed by atoms with van der Waals surface area (Å²) in [5.74, 6) is 2.06. The summed E-state index contributed by atoms with van der Waals surface area (Å²) in [6.45, 7) is 10.1. The van der Waals surface area contributed by atoms with Gasteiger partial charge in [-0.3, -0.25) is 0 Å². The lowest BCUT2D eigenvalue weighted by Gasteiger charge is -2.40. The summed E-state index contributed by atoms with van der Waals surface area (Å²) < 4.78 is 0. The van der Waals surface area contributed by atoms with Crippen molar-refractivity contribution in [2.45, 2.75) is 47.0 Å². The van der Waals surface area contributed by atoms with Crippen LogP contribution in [0.3, 0.4) is 0 Å². The predicted octanol–water partition coefficient (Wildman–Crippen LogP) is 4.02. The zero-order valence-electron chi connectivity index (χ0n) is 10.4. The molecule has 4 saturated carbocycles. The van der Waals surface area contributed by atoms with E-state index in [1.54, 1.807) is 0 Å². The molecule has 2 spiro atoms. The van der Waals surface area contributed by atoms with Crippen molar-refractivity contribution in [1.29, 1.82) is 0 Å². The summed E-state index contributed by atoms with van der Waals surface area (Å²) in [6, 6.07) is 0. The van der Waals surface area contributed by atoms with Crippen LogP contribution in [0, 0.1) is 33.5 Å². The van der Waals surface area contributed by atoms with Gasteiger partial charge >= 0.3 is 0 Å². The molecular formula is C15H22. The van der Waals surface area contributed by atoms with Crippen LogP contribution in [-0.4, -0.2) is 0 Å². The fourth-order valence-electron chi connectivity index (χ4n) is 6.52. The number of hydrogen-bond acceptors (Lipinski definition) is 0. The van der Waals surface area contributed by atoms with Crippen molar-refractivity contribution in [3.8, 4) is 0 Å². The van der Waals surface area contributed by atoms with Gasteiger partial charge in [-0.05, 0) is 47.3 Å². The van der Waals surface area contributed by atoms with Crippen LogP contribution in [0.15, 0.2) is 12.2 Å². The van der Waals surface area contributed by atoms with Crippen molar-refractivity contribution in [3.63, 3.8) is 0 Å². The van der Waals surface area contributed by atoms with Crippen LogP contribution in [-0.2, 0) is 0 Å². The Bertz CT molecular complexity index is 387. The van der Waals surface area contributed by atoms with Gasteiger partial charge in [-0.1, -0.05) is 39.8 Å². The number of allylic oxidation sites excluding steroid dienone is 2. The first kappa shape index (κ1) is 8.84. The fraction of sp³-hybridized carbons (Fsp3) is 0.867. The molecule has 0 N–H and O–H groups in total. The average molecular weight is 202 g/mol. The molecule has 2 unspecified atom stereocenters. The van der Waals surface area contributed by atoms with Crippen molar-refractivity contribution in [2.24, 2.45) is 33.5 Å². The molecule has 0 nitrogen and oxygen atoms in total. The largest absolute Gasteiger partial charge is 0.0874 e. The highest BCUT2D eigenvalue weighted by molar-refractivity contribution is 5.46. The van der Waals surface area contributed by atoms with E-state index in [0.29, 0.717) is 21.7 Å². The van der Waals surface area contributed by atoms with E-state index >= 15 is 0 Å². The second-order valence-corrected chi connectivity index (χ2v) is 7.74. The lowest BCUT2D eigenvalue weighted by atomic mass is 9.64. The van der Waals surface area contributed by atoms with Gasteiger partial charge in [0.2, 0.25) is 0 Å². The smallest absolute Gasteiger partial charge is 0.00343 e. The Morgan fingerprint density at radius 2 is 1.87 bits per heavy atom. The first-order valence-electron chi connectivity index (χ1n) is 6.58. The van der Waals surface area contributed by atoms with Gasteiger partial charge in [0.05, 0.1) is 0 Å². The van der Waals surface area contributed by atoms with E-state index in [2.05, 4.69) is 39.8 Å². The molecule has 0 saturated heterocycles. The average Bonchev–Trinajstić information content (AvgIpc) is 2.40. The molecule has 82 valence electrons. The summed E-state index contributed by atoms with van der Waals surface area (Å²) >= 11 is 0. The highest BCUT2D eigenvalue weighted by atomic mass is 15.0. The van der Waals surface area contributed by atoms with Crippen LogP contribution in [0.2, 0.25) is 0 Å². The Morgan fingerprint density at radius 3 is 2.47 bits per heavy atom. The topological polar surface area (TPSA) is 0 Å². The quantitative estimate of drug-likeness (QED) is 0.520. The molecule has 0 amide bonds. The van der Waals surface area contributed by atoms with E-state index < -0.39 is 0 Å². The standard InChI is InChI=1S/C15H22/c1-12(2)6-5-7-14-11-8-10(13(14,3)4)9-15(11,12)14/h5,7,10-11H,6,8-9H2,1-4H3/t10?,11?,14-,15-/m0/s1. The minimum atomic E-state index is 0.564. The van der Waals surface area contributed by atoms with Crippen molar-refractivity contribution in [2.75, 3.05) is 0 Å². The summed E-state index contributed by atoms with van der Waals surface area (Å²) in [5, 5.41) is 0. The summed E-state index contributed by atoms with van der Waals surface area (Å²) in [6.07, 6.45) is 9.50. The Hall–Kier alpha value is -0.260. The van der Waals surface area contributed by atoms with Crippen molar-refractivity contribution < 1.29 is 0 Å². The van der Waals surface area contributed by atoms with Crippen LogP contribution in [0.25, 0.3) is 0 Å². The van der Waals surface area contributed by atoms with E-state index in [9.17, 15) is 0 Å². The minimum absolute atomic E-state index is 0.564. The van der Waals surface area contributed by atoms with E-state index in [0.717, 1.165) is 11.8 Å². The summed E-state index contributed by atoms with van der Waals surface area (Å²) in [7, 11) is 0. The van der Waals surface area contributed by atoms with Crippen molar-refractivity contribution in [3.05, 3.63) is 12.2 Å². The van der Waals surface area contributed by atoms with Crippen LogP contribution in [0.4, 0.5) is 0 Å². The normalized spacial score (nSPS) is 60.5. The van der Waals surface area contributed by atoms with Crippen LogP contribution < -0.4 is 0 Å². The molecule has 4 atom stereocenters. The van der Waals surface area contributed by atoms with E-state index in [1.165, 1.54) is 19.3 Å². The highest BCUT2D eigenvalue weighted by Crippen LogP contribution is 2.98. The third-order valence-electron chi connectivity index (χ3n) is 7.19. The fourth-order valence-corrected chi connectivity index (χ4v) is 6.52. The van der Waals surface area contributed by atoms with Gasteiger partial charge in [0.15, 0.2) is 0 Å². The molecular weight excluding hydrogens is 180 g/mol. The van der Waals surface area contributed by atoms with Crippen LogP contribution in [0.5, 0.6) is 0 Å². The van der Waals surface area contributed by atoms with Crippen molar-refractivity contribution in [1.82, 2.24) is 0 Å². The van der Waals surface area contributed by atoms with E-state index in [-0.39, 0.29) is 0 Å². The van der Waals surface area contributed by atoms with Gasteiger partial charge in [-0.2, -0.15) is 0 Å². The lowest BCUT2D eigenvalue weighted by molar-refractivity contribution is 0.126. The Kier molecular flexibility index (Phi) is 1.09. The van der Waals surface area contributed by atoms with Gasteiger partial charge < -0.3 is 0 Å². The first-order chi connectivity index (χ1) is 6.90. The van der Waals surface area contributed by atoms with Gasteiger partial charge in [0.25, 0.3) is 0 Å². The van der Waals surface area contributed by atoms with E-state index in [4.69, 9.17) is 0 Å². The molecule has 5 rings (SSSR count). The molecule has 0 heterocycles. The van der Waals surface area contributed by atoms with Gasteiger partial charge in [-0.25, -0.2) is 0 Å².